The SMILES string of the molecule is O=C(c1ccccc1)c1cccc(Br)n1. The van der Waals surface area contributed by atoms with E-state index in [-0.39, 0.29) is 5.78 Å². The molecular weight excluding hydrogens is 254 g/mol. The molecule has 2 nitrogen and oxygen atoms in total. The number of rotatable bonds is 2. The van der Waals surface area contributed by atoms with Gasteiger partial charge in [-0.2, -0.15) is 0 Å². The second-order valence-corrected chi connectivity index (χ2v) is 3.85. The Kier molecular flexibility index (Phi) is 2.92. The van der Waals surface area contributed by atoms with Crippen LogP contribution in [0.1, 0.15) is 16.1 Å². The number of carbonyl (C=O) groups is 1. The third-order valence-corrected chi connectivity index (χ3v) is 2.43. The van der Waals surface area contributed by atoms with Crippen molar-refractivity contribution in [1.29, 1.82) is 0 Å². The summed E-state index contributed by atoms with van der Waals surface area (Å²) >= 11 is 3.24. The van der Waals surface area contributed by atoms with Crippen molar-refractivity contribution >= 4 is 21.7 Å². The second kappa shape index (κ2) is 4.36. The van der Waals surface area contributed by atoms with E-state index in [0.717, 1.165) is 0 Å². The summed E-state index contributed by atoms with van der Waals surface area (Å²) in [6.07, 6.45) is 0. The molecule has 15 heavy (non-hydrogen) atoms. The normalized spacial score (nSPS) is 9.93. The van der Waals surface area contributed by atoms with E-state index < -0.39 is 0 Å². The highest BCUT2D eigenvalue weighted by Crippen LogP contribution is 2.10. The monoisotopic (exact) mass is 261 g/mol. The number of nitrogens with zero attached hydrogens (tertiary/aromatic N) is 1. The predicted molar refractivity (Wildman–Crippen MR) is 61.8 cm³/mol. The molecule has 0 aliphatic carbocycles. The molecule has 0 bridgehead atoms. The molecule has 74 valence electrons. The first-order valence-electron chi connectivity index (χ1n) is 4.50. The van der Waals surface area contributed by atoms with Gasteiger partial charge >= 0.3 is 0 Å². The Labute approximate surface area is 96.1 Å². The van der Waals surface area contributed by atoms with Crippen molar-refractivity contribution in [1.82, 2.24) is 4.98 Å². The first-order chi connectivity index (χ1) is 7.27. The molecule has 2 rings (SSSR count). The summed E-state index contributed by atoms with van der Waals surface area (Å²) in [5.74, 6) is -0.0584. The molecule has 0 unspecified atom stereocenters. The Morgan fingerprint density at radius 2 is 1.73 bits per heavy atom. The maximum Gasteiger partial charge on any atom is 0.211 e. The van der Waals surface area contributed by atoms with Crippen LogP contribution >= 0.6 is 15.9 Å². The summed E-state index contributed by atoms with van der Waals surface area (Å²) in [5.41, 5.74) is 1.11. The molecule has 2 aromatic rings. The number of hydrogen-bond acceptors (Lipinski definition) is 2. The molecular formula is C12H8BrNO. The molecule has 0 N–H and O–H groups in total. The molecule has 0 saturated carbocycles. The fraction of sp³-hybridized carbons (Fsp3) is 0. The molecule has 0 fully saturated rings. The van der Waals surface area contributed by atoms with Gasteiger partial charge in [0.2, 0.25) is 5.78 Å². The van der Waals surface area contributed by atoms with Gasteiger partial charge < -0.3 is 0 Å². The number of hydrogen-bond donors (Lipinski definition) is 0. The fourth-order valence-corrected chi connectivity index (χ4v) is 1.62. The van der Waals surface area contributed by atoms with E-state index >= 15 is 0 Å². The Bertz CT molecular complexity index is 482. The lowest BCUT2D eigenvalue weighted by atomic mass is 10.1. The number of ketones is 1. The number of aromatic nitrogens is 1. The minimum atomic E-state index is -0.0584. The van der Waals surface area contributed by atoms with Gasteiger partial charge in [0.25, 0.3) is 0 Å². The topological polar surface area (TPSA) is 30.0 Å². The van der Waals surface area contributed by atoms with E-state index in [4.69, 9.17) is 0 Å². The molecule has 1 heterocycles. The summed E-state index contributed by atoms with van der Waals surface area (Å²) in [4.78, 5) is 16.0. The van der Waals surface area contributed by atoms with Gasteiger partial charge in [0.15, 0.2) is 0 Å². The number of halogens is 1. The van der Waals surface area contributed by atoms with Crippen molar-refractivity contribution in [2.24, 2.45) is 0 Å². The van der Waals surface area contributed by atoms with E-state index in [2.05, 4.69) is 20.9 Å². The van der Waals surface area contributed by atoms with Gasteiger partial charge in [-0.15, -0.1) is 0 Å². The van der Waals surface area contributed by atoms with E-state index in [9.17, 15) is 4.79 Å². The van der Waals surface area contributed by atoms with E-state index in [1.807, 2.05) is 18.2 Å². The van der Waals surface area contributed by atoms with Gasteiger partial charge in [-0.25, -0.2) is 4.98 Å². The molecule has 0 aliphatic heterocycles. The van der Waals surface area contributed by atoms with Crippen molar-refractivity contribution in [3.05, 3.63) is 64.4 Å². The zero-order chi connectivity index (χ0) is 10.7. The first kappa shape index (κ1) is 10.1. The largest absolute Gasteiger partial charge is 0.287 e. The highest BCUT2D eigenvalue weighted by atomic mass is 79.9. The summed E-state index contributed by atoms with van der Waals surface area (Å²) in [6.45, 7) is 0. The molecule has 3 heteroatoms. The van der Waals surface area contributed by atoms with Crippen LogP contribution in [0.2, 0.25) is 0 Å². The van der Waals surface area contributed by atoms with Crippen molar-refractivity contribution in [2.75, 3.05) is 0 Å². The average Bonchev–Trinajstić information content (AvgIpc) is 2.29. The lowest BCUT2D eigenvalue weighted by molar-refractivity contribution is 0.103. The maximum absolute atomic E-state index is 11.9. The summed E-state index contributed by atoms with van der Waals surface area (Å²) in [5, 5.41) is 0. The zero-order valence-electron chi connectivity index (χ0n) is 7.85. The van der Waals surface area contributed by atoms with Crippen LogP contribution in [0.3, 0.4) is 0 Å². The Morgan fingerprint density at radius 1 is 1.00 bits per heavy atom. The van der Waals surface area contributed by atoms with Crippen LogP contribution in [-0.4, -0.2) is 10.8 Å². The van der Waals surface area contributed by atoms with Gasteiger partial charge in [0, 0.05) is 5.56 Å². The quantitative estimate of drug-likeness (QED) is 0.615. The van der Waals surface area contributed by atoms with Crippen molar-refractivity contribution in [2.45, 2.75) is 0 Å². The highest BCUT2D eigenvalue weighted by molar-refractivity contribution is 9.10. The van der Waals surface area contributed by atoms with Crippen molar-refractivity contribution < 1.29 is 4.79 Å². The van der Waals surface area contributed by atoms with Crippen LogP contribution in [0, 0.1) is 0 Å². The van der Waals surface area contributed by atoms with Crippen LogP contribution in [0.15, 0.2) is 53.1 Å². The van der Waals surface area contributed by atoms with Crippen LogP contribution in [0.4, 0.5) is 0 Å². The molecule has 0 radical (unpaired) electrons. The highest BCUT2D eigenvalue weighted by Gasteiger charge is 2.09. The zero-order valence-corrected chi connectivity index (χ0v) is 9.44. The standard InChI is InChI=1S/C12H8BrNO/c13-11-8-4-7-10(14-11)12(15)9-5-2-1-3-6-9/h1-8H. The van der Waals surface area contributed by atoms with Gasteiger partial charge in [-0.1, -0.05) is 36.4 Å². The van der Waals surface area contributed by atoms with Gasteiger partial charge in [-0.3, -0.25) is 4.79 Å². The van der Waals surface area contributed by atoms with E-state index in [1.165, 1.54) is 0 Å². The average molecular weight is 262 g/mol. The van der Waals surface area contributed by atoms with E-state index in [1.54, 1.807) is 30.3 Å². The third kappa shape index (κ3) is 2.30. The molecule has 1 aromatic heterocycles. The number of carbonyl (C=O) groups excluding carboxylic acids is 1. The van der Waals surface area contributed by atoms with Gasteiger partial charge in [0.05, 0.1) is 0 Å². The number of pyridine rings is 1. The van der Waals surface area contributed by atoms with E-state index in [0.29, 0.717) is 15.9 Å². The summed E-state index contributed by atoms with van der Waals surface area (Å²) in [6, 6.07) is 14.4. The minimum absolute atomic E-state index is 0.0584. The van der Waals surface area contributed by atoms with Crippen molar-refractivity contribution in [3.63, 3.8) is 0 Å². The summed E-state index contributed by atoms with van der Waals surface area (Å²) < 4.78 is 0.671. The maximum atomic E-state index is 11.9. The Hall–Kier alpha value is -1.48. The molecule has 1 aromatic carbocycles. The van der Waals surface area contributed by atoms with Gasteiger partial charge in [0.1, 0.15) is 10.3 Å². The molecule has 0 atom stereocenters. The smallest absolute Gasteiger partial charge is 0.211 e. The molecule has 0 amide bonds. The lowest BCUT2D eigenvalue weighted by Crippen LogP contribution is -2.03. The van der Waals surface area contributed by atoms with Crippen LogP contribution in [-0.2, 0) is 0 Å². The van der Waals surface area contributed by atoms with Crippen LogP contribution in [0.25, 0.3) is 0 Å². The third-order valence-electron chi connectivity index (χ3n) is 1.98. The first-order valence-corrected chi connectivity index (χ1v) is 5.29. The van der Waals surface area contributed by atoms with Crippen LogP contribution in [0.5, 0.6) is 0 Å². The molecule has 0 saturated heterocycles. The number of benzene rings is 1. The lowest BCUT2D eigenvalue weighted by Gasteiger charge is -1.99. The second-order valence-electron chi connectivity index (χ2n) is 3.04. The predicted octanol–water partition coefficient (Wildman–Crippen LogP) is 3.08. The van der Waals surface area contributed by atoms with Gasteiger partial charge in [-0.05, 0) is 28.1 Å². The van der Waals surface area contributed by atoms with Crippen LogP contribution < -0.4 is 0 Å². The fourth-order valence-electron chi connectivity index (χ4n) is 1.27. The molecule has 0 aliphatic rings. The Morgan fingerprint density at radius 3 is 2.40 bits per heavy atom. The minimum Gasteiger partial charge on any atom is -0.287 e. The van der Waals surface area contributed by atoms with Crippen molar-refractivity contribution in [3.8, 4) is 0 Å². The Balaban J connectivity index is 2.37. The molecule has 0 spiro atoms. The summed E-state index contributed by atoms with van der Waals surface area (Å²) in [7, 11) is 0.